The van der Waals surface area contributed by atoms with Gasteiger partial charge < -0.3 is 10.1 Å². The Morgan fingerprint density at radius 2 is 1.71 bits per heavy atom. The number of amides is 1. The minimum absolute atomic E-state index is 0. The number of alkyl carbamates (subject to hydrolysis) is 1. The minimum atomic E-state index is -0.543. The molecule has 1 atom stereocenters. The van der Waals surface area contributed by atoms with Crippen LogP contribution in [0, 0.1) is 11.3 Å². The molecule has 0 bridgehead atoms. The van der Waals surface area contributed by atoms with E-state index in [0.717, 1.165) is 12.8 Å². The van der Waals surface area contributed by atoms with Crippen LogP contribution in [0.1, 0.15) is 76.1 Å². The van der Waals surface area contributed by atoms with Crippen LogP contribution in [0.4, 0.5) is 4.79 Å². The van der Waals surface area contributed by atoms with Gasteiger partial charge in [-0.2, -0.15) is 0 Å². The molecule has 0 aromatic heterocycles. The monoisotopic (exact) mass is 301 g/mol. The molecule has 1 N–H and O–H groups in total. The molecular weight excluding hydrogens is 266 g/mol. The van der Waals surface area contributed by atoms with E-state index in [9.17, 15) is 9.59 Å². The fourth-order valence-electron chi connectivity index (χ4n) is 2.01. The Kier molecular flexibility index (Phi) is 7.41. The van der Waals surface area contributed by atoms with Crippen LogP contribution >= 0.6 is 0 Å². The Bertz CT molecular complexity index is 357. The van der Waals surface area contributed by atoms with Crippen molar-refractivity contribution in [3.63, 3.8) is 0 Å². The Morgan fingerprint density at radius 3 is 2.05 bits per heavy atom. The van der Waals surface area contributed by atoms with Gasteiger partial charge in [0.15, 0.2) is 5.78 Å². The first-order valence-electron chi connectivity index (χ1n) is 8.07. The summed E-state index contributed by atoms with van der Waals surface area (Å²) in [6.07, 6.45) is 2.01. The normalized spacial score (nSPS) is 17.4. The third-order valence-corrected chi connectivity index (χ3v) is 3.31. The lowest BCUT2D eigenvalue weighted by Crippen LogP contribution is -2.46. The molecule has 4 heteroatoms. The largest absolute Gasteiger partial charge is 0.444 e. The summed E-state index contributed by atoms with van der Waals surface area (Å²) >= 11 is 0. The molecule has 1 rings (SSSR count). The van der Waals surface area contributed by atoms with E-state index in [1.54, 1.807) is 0 Å². The van der Waals surface area contributed by atoms with Gasteiger partial charge in [-0.25, -0.2) is 4.79 Å². The molecule has 1 aliphatic rings. The first-order valence-corrected chi connectivity index (χ1v) is 8.07. The Labute approximate surface area is 131 Å². The number of nitrogens with one attached hydrogen (secondary N) is 1. The van der Waals surface area contributed by atoms with E-state index < -0.39 is 17.7 Å². The van der Waals surface area contributed by atoms with Crippen molar-refractivity contribution in [2.45, 2.75) is 86.3 Å². The van der Waals surface area contributed by atoms with Crippen LogP contribution in [0.25, 0.3) is 0 Å². The second-order valence-corrected chi connectivity index (χ2v) is 7.25. The number of Topliss-reactive ketones (excluding diaryl/α,β-unsaturated/α-hetero) is 1. The fourth-order valence-corrected chi connectivity index (χ4v) is 2.01. The third-order valence-electron chi connectivity index (χ3n) is 3.31. The maximum absolute atomic E-state index is 12.4. The van der Waals surface area contributed by atoms with Crippen molar-refractivity contribution in [2.24, 2.45) is 11.3 Å². The van der Waals surface area contributed by atoms with Gasteiger partial charge in [0.25, 0.3) is 0 Å². The van der Waals surface area contributed by atoms with Crippen molar-refractivity contribution in [3.05, 3.63) is 0 Å². The molecule has 126 valence electrons. The maximum Gasteiger partial charge on any atom is 0.408 e. The molecule has 0 unspecified atom stereocenters. The van der Waals surface area contributed by atoms with E-state index in [1.165, 1.54) is 0 Å². The van der Waals surface area contributed by atoms with Gasteiger partial charge in [0.1, 0.15) is 5.60 Å². The highest BCUT2D eigenvalue weighted by Gasteiger charge is 2.47. The van der Waals surface area contributed by atoms with Gasteiger partial charge >= 0.3 is 6.09 Å². The van der Waals surface area contributed by atoms with E-state index >= 15 is 0 Å². The summed E-state index contributed by atoms with van der Waals surface area (Å²) in [6.45, 7) is 15.5. The van der Waals surface area contributed by atoms with E-state index in [0.29, 0.717) is 12.3 Å². The maximum atomic E-state index is 12.4. The van der Waals surface area contributed by atoms with Crippen molar-refractivity contribution < 1.29 is 15.8 Å². The number of rotatable bonds is 5. The molecule has 4 nitrogen and oxygen atoms in total. The molecule has 0 aromatic carbocycles. The quantitative estimate of drug-likeness (QED) is 0.809. The SMILES string of the molecule is CC.CC(C)C[C@@H](NC(=O)OC(C)(C)C)C(=O)C1(C)CC1.[HH]. The van der Waals surface area contributed by atoms with E-state index in [-0.39, 0.29) is 12.6 Å². The van der Waals surface area contributed by atoms with Crippen LogP contribution in [-0.4, -0.2) is 23.5 Å². The van der Waals surface area contributed by atoms with Gasteiger partial charge in [0, 0.05) is 6.84 Å². The molecule has 0 aliphatic heterocycles. The molecule has 1 saturated carbocycles. The van der Waals surface area contributed by atoms with Crippen molar-refractivity contribution >= 4 is 11.9 Å². The van der Waals surface area contributed by atoms with Crippen molar-refractivity contribution in [1.29, 1.82) is 0 Å². The van der Waals surface area contributed by atoms with E-state index in [1.807, 2.05) is 55.4 Å². The topological polar surface area (TPSA) is 55.4 Å². The molecule has 0 spiro atoms. The molecule has 1 amide bonds. The molecule has 0 radical (unpaired) electrons. The molecule has 0 saturated heterocycles. The highest BCUT2D eigenvalue weighted by molar-refractivity contribution is 5.93. The first-order chi connectivity index (χ1) is 9.53. The van der Waals surface area contributed by atoms with Crippen molar-refractivity contribution in [3.8, 4) is 0 Å². The van der Waals surface area contributed by atoms with Crippen LogP contribution < -0.4 is 5.32 Å². The minimum Gasteiger partial charge on any atom is -0.444 e. The summed E-state index contributed by atoms with van der Waals surface area (Å²) in [5.41, 5.74) is -0.770. The van der Waals surface area contributed by atoms with E-state index in [2.05, 4.69) is 5.32 Å². The average Bonchev–Trinajstić information content (AvgIpc) is 3.06. The van der Waals surface area contributed by atoms with Crippen molar-refractivity contribution in [1.82, 2.24) is 5.32 Å². The van der Waals surface area contributed by atoms with Gasteiger partial charge in [-0.3, -0.25) is 4.79 Å². The number of carbonyl (C=O) groups is 2. The lowest BCUT2D eigenvalue weighted by Gasteiger charge is -2.25. The highest BCUT2D eigenvalue weighted by atomic mass is 16.6. The van der Waals surface area contributed by atoms with Gasteiger partial charge in [0.2, 0.25) is 0 Å². The predicted molar refractivity (Wildman–Crippen MR) is 88.4 cm³/mol. The van der Waals surface area contributed by atoms with Crippen molar-refractivity contribution in [2.75, 3.05) is 0 Å². The number of ether oxygens (including phenoxy) is 1. The zero-order valence-corrected chi connectivity index (χ0v) is 15.0. The summed E-state index contributed by atoms with van der Waals surface area (Å²) in [6, 6.07) is -0.428. The van der Waals surface area contributed by atoms with Crippen LogP contribution in [0.3, 0.4) is 0 Å². The van der Waals surface area contributed by atoms with Crippen LogP contribution in [0.2, 0.25) is 0 Å². The first kappa shape index (κ1) is 19.9. The number of ketones is 1. The molecule has 1 aliphatic carbocycles. The number of carbonyl (C=O) groups excluding carboxylic acids is 2. The third kappa shape index (κ3) is 7.49. The van der Waals surface area contributed by atoms with Gasteiger partial charge in [-0.1, -0.05) is 34.6 Å². The Morgan fingerprint density at radius 1 is 1.24 bits per heavy atom. The zero-order chi connectivity index (χ0) is 16.8. The molecule has 0 aromatic rings. The lowest BCUT2D eigenvalue weighted by atomic mass is 9.91. The number of hydrogen-bond donors (Lipinski definition) is 1. The summed E-state index contributed by atoms with van der Waals surface area (Å²) in [5, 5.41) is 2.74. The van der Waals surface area contributed by atoms with Gasteiger partial charge in [-0.15, -0.1) is 0 Å². The summed E-state index contributed by atoms with van der Waals surface area (Å²) in [4.78, 5) is 24.2. The second-order valence-electron chi connectivity index (χ2n) is 7.25. The smallest absolute Gasteiger partial charge is 0.408 e. The fraction of sp³-hybridized carbons (Fsp3) is 0.882. The molecule has 1 fully saturated rings. The van der Waals surface area contributed by atoms with Gasteiger partial charge in [0.05, 0.1) is 6.04 Å². The summed E-state index contributed by atoms with van der Waals surface area (Å²) < 4.78 is 5.23. The van der Waals surface area contributed by atoms with Crippen LogP contribution in [-0.2, 0) is 9.53 Å². The number of hydrogen-bond acceptors (Lipinski definition) is 3. The van der Waals surface area contributed by atoms with Crippen LogP contribution in [0.5, 0.6) is 0 Å². The molecule has 21 heavy (non-hydrogen) atoms. The van der Waals surface area contributed by atoms with E-state index in [4.69, 9.17) is 4.74 Å². The van der Waals surface area contributed by atoms with Gasteiger partial charge in [-0.05, 0) is 46.0 Å². The predicted octanol–water partition coefficient (Wildman–Crippen LogP) is 4.57. The summed E-state index contributed by atoms with van der Waals surface area (Å²) in [7, 11) is 0. The lowest BCUT2D eigenvalue weighted by molar-refractivity contribution is -0.126. The average molecular weight is 301 g/mol. The zero-order valence-electron chi connectivity index (χ0n) is 15.0. The Balaban J connectivity index is 0. The summed E-state index contributed by atoms with van der Waals surface area (Å²) in [5.74, 6) is 0.498. The highest BCUT2D eigenvalue weighted by Crippen LogP contribution is 2.47. The van der Waals surface area contributed by atoms with Crippen LogP contribution in [0.15, 0.2) is 0 Å². The molecular formula is C17H35NO3. The molecule has 0 heterocycles. The second kappa shape index (κ2) is 7.81. The standard InChI is InChI=1S/C15H27NO3.C2H6.H2/c1-10(2)9-11(12(17)15(6)7-8-15)16-13(18)19-14(3,4)5;1-2;/h10-11H,7-9H2,1-6H3,(H,16,18);1-2H3;1H/t11-;;/m1../s1. The Hall–Kier alpha value is -1.06.